The van der Waals surface area contributed by atoms with Crippen molar-refractivity contribution in [3.05, 3.63) is 59.2 Å². The number of piperazine rings is 1. The quantitative estimate of drug-likeness (QED) is 0.784. The largest absolute Gasteiger partial charge is 0.453 e. The summed E-state index contributed by atoms with van der Waals surface area (Å²) in [4.78, 5) is 31.5. The van der Waals surface area contributed by atoms with Gasteiger partial charge in [0.05, 0.1) is 19.0 Å². The number of pyridine rings is 1. The predicted octanol–water partition coefficient (Wildman–Crippen LogP) is 2.73. The molecule has 160 valence electrons. The van der Waals surface area contributed by atoms with Gasteiger partial charge in [-0.2, -0.15) is 0 Å². The summed E-state index contributed by atoms with van der Waals surface area (Å²) in [6.07, 6.45) is 1.25. The predicted molar refractivity (Wildman–Crippen MR) is 110 cm³/mol. The maximum absolute atomic E-state index is 14.3. The van der Waals surface area contributed by atoms with E-state index in [2.05, 4.69) is 20.5 Å². The summed E-state index contributed by atoms with van der Waals surface area (Å²) in [5.74, 6) is -0.288. The highest BCUT2D eigenvalue weighted by Crippen LogP contribution is 2.15. The molecule has 1 fully saturated rings. The lowest BCUT2D eigenvalue weighted by molar-refractivity contribution is 0.0885. The highest BCUT2D eigenvalue weighted by atomic mass is 19.1. The Morgan fingerprint density at radius 1 is 1.17 bits per heavy atom. The van der Waals surface area contributed by atoms with E-state index in [0.717, 1.165) is 11.3 Å². The Bertz CT molecular complexity index is 883. The summed E-state index contributed by atoms with van der Waals surface area (Å²) in [5.41, 5.74) is 2.83. The summed E-state index contributed by atoms with van der Waals surface area (Å²) in [6.45, 7) is 4.96. The van der Waals surface area contributed by atoms with Crippen LogP contribution in [0, 0.1) is 12.7 Å². The van der Waals surface area contributed by atoms with Crippen LogP contribution in [-0.4, -0.2) is 60.2 Å². The molecular formula is C21H26FN5O3. The molecule has 1 aliphatic heterocycles. The molecule has 1 aliphatic rings. The number of nitrogens with one attached hydrogen (secondary N) is 2. The van der Waals surface area contributed by atoms with Crippen molar-refractivity contribution in [2.24, 2.45) is 0 Å². The fourth-order valence-electron chi connectivity index (χ4n) is 3.22. The number of anilines is 1. The van der Waals surface area contributed by atoms with Gasteiger partial charge in [0.1, 0.15) is 5.82 Å². The van der Waals surface area contributed by atoms with E-state index in [0.29, 0.717) is 44.0 Å². The number of aryl methyl sites for hydroxylation is 1. The lowest BCUT2D eigenvalue weighted by atomic mass is 10.1. The van der Waals surface area contributed by atoms with Crippen LogP contribution in [-0.2, 0) is 17.8 Å². The van der Waals surface area contributed by atoms with Crippen molar-refractivity contribution in [1.29, 1.82) is 0 Å². The topological polar surface area (TPSA) is 86.8 Å². The maximum atomic E-state index is 14.3. The molecule has 3 amide bonds. The number of halogens is 1. The molecule has 1 aromatic carbocycles. The molecule has 2 aromatic rings. The van der Waals surface area contributed by atoms with Crippen molar-refractivity contribution in [2.45, 2.75) is 20.0 Å². The van der Waals surface area contributed by atoms with E-state index in [-0.39, 0.29) is 24.5 Å². The first-order valence-electron chi connectivity index (χ1n) is 9.74. The lowest BCUT2D eigenvalue weighted by Gasteiger charge is -2.33. The van der Waals surface area contributed by atoms with Gasteiger partial charge in [0.25, 0.3) is 0 Å². The van der Waals surface area contributed by atoms with Crippen molar-refractivity contribution in [3.63, 3.8) is 0 Å². The van der Waals surface area contributed by atoms with Crippen LogP contribution >= 0.6 is 0 Å². The normalized spacial score (nSPS) is 14.3. The number of hydrogen-bond acceptors (Lipinski definition) is 5. The molecule has 2 N–H and O–H groups in total. The standard InChI is InChI=1S/C21H26FN5O3/c1-15-3-5-18(13-23-15)25-20(28)24-12-16-4-6-19(22)17(11-16)14-26-7-9-27(10-8-26)21(29)30-2/h3-6,11,13H,7-10,12,14H2,1-2H3,(H2,24,25,28). The first-order chi connectivity index (χ1) is 14.4. The number of aromatic nitrogens is 1. The molecule has 3 rings (SSSR count). The van der Waals surface area contributed by atoms with E-state index in [1.165, 1.54) is 13.2 Å². The van der Waals surface area contributed by atoms with Crippen LogP contribution in [0.3, 0.4) is 0 Å². The SMILES string of the molecule is COC(=O)N1CCN(Cc2cc(CNC(=O)Nc3ccc(C)nc3)ccc2F)CC1. The van der Waals surface area contributed by atoms with Crippen molar-refractivity contribution in [2.75, 3.05) is 38.6 Å². The van der Waals surface area contributed by atoms with Gasteiger partial charge >= 0.3 is 12.1 Å². The lowest BCUT2D eigenvalue weighted by Crippen LogP contribution is -2.48. The fourth-order valence-corrected chi connectivity index (χ4v) is 3.22. The minimum absolute atomic E-state index is 0.272. The molecule has 0 saturated carbocycles. The van der Waals surface area contributed by atoms with Crippen LogP contribution < -0.4 is 10.6 Å². The average Bonchev–Trinajstić information content (AvgIpc) is 2.76. The zero-order valence-electron chi connectivity index (χ0n) is 17.2. The zero-order chi connectivity index (χ0) is 21.5. The second kappa shape index (κ2) is 10.0. The number of ether oxygens (including phenoxy) is 1. The van der Waals surface area contributed by atoms with Crippen molar-refractivity contribution >= 4 is 17.8 Å². The van der Waals surface area contributed by atoms with Gasteiger partial charge in [-0.3, -0.25) is 9.88 Å². The number of carbonyl (C=O) groups is 2. The highest BCUT2D eigenvalue weighted by Gasteiger charge is 2.22. The van der Waals surface area contributed by atoms with Gasteiger partial charge < -0.3 is 20.3 Å². The Morgan fingerprint density at radius 3 is 2.60 bits per heavy atom. The monoisotopic (exact) mass is 415 g/mol. The zero-order valence-corrected chi connectivity index (χ0v) is 17.2. The van der Waals surface area contributed by atoms with E-state index in [9.17, 15) is 14.0 Å². The molecule has 8 nitrogen and oxygen atoms in total. The number of methoxy groups -OCH3 is 1. The Balaban J connectivity index is 1.51. The molecule has 30 heavy (non-hydrogen) atoms. The number of hydrogen-bond donors (Lipinski definition) is 2. The van der Waals surface area contributed by atoms with Crippen LogP contribution in [0.2, 0.25) is 0 Å². The Kier molecular flexibility index (Phi) is 7.18. The van der Waals surface area contributed by atoms with Gasteiger partial charge in [0.2, 0.25) is 0 Å². The Morgan fingerprint density at radius 2 is 1.93 bits per heavy atom. The van der Waals surface area contributed by atoms with E-state index in [4.69, 9.17) is 4.74 Å². The summed E-state index contributed by atoms with van der Waals surface area (Å²) >= 11 is 0. The fraction of sp³-hybridized carbons (Fsp3) is 0.381. The van der Waals surface area contributed by atoms with Gasteiger partial charge in [-0.25, -0.2) is 14.0 Å². The molecular weight excluding hydrogens is 389 g/mol. The van der Waals surface area contributed by atoms with E-state index >= 15 is 0 Å². The minimum Gasteiger partial charge on any atom is -0.453 e. The molecule has 2 heterocycles. The second-order valence-electron chi connectivity index (χ2n) is 7.15. The number of carbonyl (C=O) groups excluding carboxylic acids is 2. The molecule has 1 saturated heterocycles. The van der Waals surface area contributed by atoms with Crippen LogP contribution in [0.1, 0.15) is 16.8 Å². The van der Waals surface area contributed by atoms with Gasteiger partial charge in [0.15, 0.2) is 0 Å². The third kappa shape index (κ3) is 5.90. The van der Waals surface area contributed by atoms with Crippen molar-refractivity contribution in [3.8, 4) is 0 Å². The minimum atomic E-state index is -0.356. The third-order valence-electron chi connectivity index (χ3n) is 4.93. The molecule has 0 unspecified atom stereocenters. The van der Waals surface area contributed by atoms with Crippen LogP contribution in [0.4, 0.5) is 19.7 Å². The average molecular weight is 415 g/mol. The Labute approximate surface area is 175 Å². The molecule has 0 aliphatic carbocycles. The van der Waals surface area contributed by atoms with Crippen LogP contribution in [0.5, 0.6) is 0 Å². The van der Waals surface area contributed by atoms with Gasteiger partial charge in [-0.1, -0.05) is 6.07 Å². The van der Waals surface area contributed by atoms with E-state index in [1.54, 1.807) is 29.3 Å². The van der Waals surface area contributed by atoms with E-state index in [1.807, 2.05) is 13.0 Å². The summed E-state index contributed by atoms with van der Waals surface area (Å²) < 4.78 is 19.0. The van der Waals surface area contributed by atoms with Crippen LogP contribution in [0.25, 0.3) is 0 Å². The molecule has 9 heteroatoms. The second-order valence-corrected chi connectivity index (χ2v) is 7.15. The summed E-state index contributed by atoms with van der Waals surface area (Å²) in [5, 5.41) is 5.48. The Hall–Kier alpha value is -3.20. The first-order valence-corrected chi connectivity index (χ1v) is 9.74. The highest BCUT2D eigenvalue weighted by molar-refractivity contribution is 5.88. The van der Waals surface area contributed by atoms with Gasteiger partial charge in [-0.05, 0) is 36.8 Å². The number of amides is 3. The van der Waals surface area contributed by atoms with Gasteiger partial charge in [-0.15, -0.1) is 0 Å². The molecule has 0 spiro atoms. The molecule has 0 bridgehead atoms. The van der Waals surface area contributed by atoms with Gasteiger partial charge in [0, 0.05) is 50.5 Å². The number of benzene rings is 1. The maximum Gasteiger partial charge on any atom is 0.409 e. The molecule has 1 aromatic heterocycles. The van der Waals surface area contributed by atoms with Crippen LogP contribution in [0.15, 0.2) is 36.5 Å². The summed E-state index contributed by atoms with van der Waals surface area (Å²) in [6, 6.07) is 8.06. The molecule has 0 atom stereocenters. The first kappa shape index (κ1) is 21.5. The smallest absolute Gasteiger partial charge is 0.409 e. The summed E-state index contributed by atoms with van der Waals surface area (Å²) in [7, 11) is 1.36. The van der Waals surface area contributed by atoms with Crippen molar-refractivity contribution < 1.29 is 18.7 Å². The number of nitrogens with zero attached hydrogens (tertiary/aromatic N) is 3. The number of urea groups is 1. The third-order valence-corrected chi connectivity index (χ3v) is 4.93. The molecule has 0 radical (unpaired) electrons. The van der Waals surface area contributed by atoms with E-state index < -0.39 is 0 Å². The van der Waals surface area contributed by atoms with Crippen molar-refractivity contribution in [1.82, 2.24) is 20.1 Å². The number of rotatable bonds is 5.